The Morgan fingerprint density at radius 1 is 0.905 bits per heavy atom. The van der Waals surface area contributed by atoms with Crippen LogP contribution in [0.1, 0.15) is 46.5 Å². The number of phenolic OH excluding ortho intramolecular Hbond substituents is 1. The molecule has 4 aromatic rings. The van der Waals surface area contributed by atoms with E-state index in [4.69, 9.17) is 16.3 Å². The fourth-order valence-corrected chi connectivity index (χ4v) is 6.18. The molecule has 0 saturated carbocycles. The highest BCUT2D eigenvalue weighted by molar-refractivity contribution is 7.91. The molecule has 0 amide bonds. The largest absolute Gasteiger partial charge is 0.507 e. The van der Waals surface area contributed by atoms with Crippen molar-refractivity contribution in [2.75, 3.05) is 13.2 Å². The third-order valence-electron chi connectivity index (χ3n) is 6.93. The van der Waals surface area contributed by atoms with Gasteiger partial charge in [0.2, 0.25) is 9.84 Å². The first-order valence-electron chi connectivity index (χ1n) is 13.7. The number of nitrogens with one attached hydrogen (secondary N) is 1. The summed E-state index contributed by atoms with van der Waals surface area (Å²) in [6.45, 7) is 2.42. The number of carbonyl (C=O) groups excluding carboxylic acids is 1. The van der Waals surface area contributed by atoms with Crippen molar-refractivity contribution < 1.29 is 28.2 Å². The normalized spacial score (nSPS) is 12.9. The second-order valence-corrected chi connectivity index (χ2v) is 12.3. The highest BCUT2D eigenvalue weighted by Gasteiger charge is 2.23. The van der Waals surface area contributed by atoms with E-state index in [1.165, 1.54) is 24.3 Å². The number of ether oxygens (including phenoxy) is 1. The molecule has 3 N–H and O–H groups in total. The van der Waals surface area contributed by atoms with Crippen molar-refractivity contribution >= 4 is 27.4 Å². The van der Waals surface area contributed by atoms with E-state index in [1.807, 2.05) is 42.5 Å². The van der Waals surface area contributed by atoms with Crippen molar-refractivity contribution in [3.05, 3.63) is 124 Å². The number of hydrogen-bond donors (Lipinski definition) is 3. The van der Waals surface area contributed by atoms with Gasteiger partial charge in [-0.3, -0.25) is 0 Å². The Kier molecular flexibility index (Phi) is 10.8. The molecular weight excluding hydrogens is 574 g/mol. The molecule has 0 saturated heterocycles. The lowest BCUT2D eigenvalue weighted by Gasteiger charge is -2.25. The number of aryl methyl sites for hydroxylation is 1. The van der Waals surface area contributed by atoms with Gasteiger partial charge in [-0.1, -0.05) is 66.2 Å². The second-order valence-electron chi connectivity index (χ2n) is 9.90. The monoisotopic (exact) mass is 607 g/mol. The van der Waals surface area contributed by atoms with Crippen molar-refractivity contribution in [3.63, 3.8) is 0 Å². The Morgan fingerprint density at radius 3 is 2.29 bits per heavy atom. The number of aliphatic hydroxyl groups excluding tert-OH is 1. The zero-order valence-corrected chi connectivity index (χ0v) is 24.8. The predicted molar refractivity (Wildman–Crippen MR) is 163 cm³/mol. The Morgan fingerprint density at radius 2 is 1.62 bits per heavy atom. The first kappa shape index (κ1) is 31.3. The Balaban J connectivity index is 1.38. The summed E-state index contributed by atoms with van der Waals surface area (Å²) in [6.07, 6.45) is 1.35. The van der Waals surface area contributed by atoms with Crippen molar-refractivity contribution in [1.82, 2.24) is 5.32 Å². The zero-order chi connectivity index (χ0) is 30.1. The summed E-state index contributed by atoms with van der Waals surface area (Å²) in [5, 5.41) is 25.4. The average molecular weight is 608 g/mol. The van der Waals surface area contributed by atoms with Crippen LogP contribution in [0.5, 0.6) is 5.75 Å². The summed E-state index contributed by atoms with van der Waals surface area (Å²) in [6, 6.07) is 27.2. The van der Waals surface area contributed by atoms with E-state index < -0.39 is 27.7 Å². The van der Waals surface area contributed by atoms with Crippen LogP contribution in [0.4, 0.5) is 0 Å². The smallest absolute Gasteiger partial charge is 0.341 e. The molecule has 4 rings (SSSR count). The number of carbonyl (C=O) groups is 1. The lowest BCUT2D eigenvalue weighted by Crippen LogP contribution is -2.37. The molecule has 0 bridgehead atoms. The number of aliphatic hydroxyl groups is 1. The molecule has 1 unspecified atom stereocenters. The molecule has 4 aromatic carbocycles. The summed E-state index contributed by atoms with van der Waals surface area (Å²) >= 11 is 6.16. The molecule has 7 nitrogen and oxygen atoms in total. The molecular formula is C33H34ClNO6S. The van der Waals surface area contributed by atoms with Gasteiger partial charge in [-0.25, -0.2) is 13.2 Å². The molecule has 0 spiro atoms. The molecule has 0 radical (unpaired) electrons. The van der Waals surface area contributed by atoms with Crippen LogP contribution in [0.2, 0.25) is 5.02 Å². The van der Waals surface area contributed by atoms with Crippen LogP contribution in [0.15, 0.2) is 107 Å². The molecule has 9 heteroatoms. The number of phenols is 1. The topological polar surface area (TPSA) is 113 Å². The minimum atomic E-state index is -3.90. The van der Waals surface area contributed by atoms with Crippen LogP contribution in [0, 0.1) is 0 Å². The van der Waals surface area contributed by atoms with Gasteiger partial charge in [0.25, 0.3) is 0 Å². The van der Waals surface area contributed by atoms with Crippen LogP contribution in [-0.2, 0) is 27.4 Å². The molecule has 0 aliphatic heterocycles. The second kappa shape index (κ2) is 14.5. The lowest BCUT2D eigenvalue weighted by atomic mass is 9.96. The van der Waals surface area contributed by atoms with Crippen LogP contribution in [0.3, 0.4) is 0 Å². The van der Waals surface area contributed by atoms with Gasteiger partial charge in [-0.05, 0) is 91.9 Å². The summed E-state index contributed by atoms with van der Waals surface area (Å²) < 4.78 is 31.1. The summed E-state index contributed by atoms with van der Waals surface area (Å²) in [4.78, 5) is 11.9. The maximum Gasteiger partial charge on any atom is 0.341 e. The van der Waals surface area contributed by atoms with Crippen LogP contribution in [-0.4, -0.2) is 43.8 Å². The summed E-state index contributed by atoms with van der Waals surface area (Å²) in [5.41, 5.74) is 2.73. The van der Waals surface area contributed by atoms with E-state index in [2.05, 4.69) is 5.32 Å². The van der Waals surface area contributed by atoms with Crippen LogP contribution < -0.4 is 5.32 Å². The van der Waals surface area contributed by atoms with Crippen molar-refractivity contribution in [1.29, 1.82) is 0 Å². The molecule has 220 valence electrons. The number of hydrogen-bond acceptors (Lipinski definition) is 7. The fourth-order valence-electron chi connectivity index (χ4n) is 4.70. The van der Waals surface area contributed by atoms with Gasteiger partial charge in [0.05, 0.1) is 22.5 Å². The minimum Gasteiger partial charge on any atom is -0.507 e. The maximum absolute atomic E-state index is 13.1. The number of sulfone groups is 1. The van der Waals surface area contributed by atoms with Gasteiger partial charge in [-0.2, -0.15) is 0 Å². The zero-order valence-electron chi connectivity index (χ0n) is 23.2. The maximum atomic E-state index is 13.1. The standard InChI is InChI=1S/C33H34ClNO6S/c1-2-41-33(38)29-18-17-28(22-31(29)36)42(39,40)27-15-13-23(14-16-27)10-7-19-35-30(20-24-8-4-3-5-9-24)32(37)25-11-6-12-26(34)21-25/h3-6,8-9,11-18,21-22,30,32,35-37H,2,7,10,19-20H2,1H3/t30?,32-/m1/s1. The summed E-state index contributed by atoms with van der Waals surface area (Å²) in [5.74, 6) is -1.17. The van der Waals surface area contributed by atoms with E-state index in [0.29, 0.717) is 24.4 Å². The Hall–Kier alpha value is -3.69. The number of halogens is 1. The van der Waals surface area contributed by atoms with Gasteiger partial charge >= 0.3 is 5.97 Å². The number of aromatic hydroxyl groups is 1. The van der Waals surface area contributed by atoms with Crippen molar-refractivity contribution in [2.24, 2.45) is 0 Å². The van der Waals surface area contributed by atoms with Crippen molar-refractivity contribution in [3.8, 4) is 5.75 Å². The van der Waals surface area contributed by atoms with E-state index >= 15 is 0 Å². The van der Waals surface area contributed by atoms with Crippen LogP contribution in [0.25, 0.3) is 0 Å². The van der Waals surface area contributed by atoms with Crippen LogP contribution >= 0.6 is 11.6 Å². The molecule has 0 aliphatic rings. The number of rotatable bonds is 13. The summed E-state index contributed by atoms with van der Waals surface area (Å²) in [7, 11) is -3.90. The highest BCUT2D eigenvalue weighted by Crippen LogP contribution is 2.28. The fraction of sp³-hybridized carbons (Fsp3) is 0.242. The molecule has 0 heterocycles. The number of esters is 1. The molecule has 0 aromatic heterocycles. The van der Waals surface area contributed by atoms with E-state index in [0.717, 1.165) is 29.2 Å². The first-order valence-corrected chi connectivity index (χ1v) is 15.6. The quantitative estimate of drug-likeness (QED) is 0.128. The van der Waals surface area contributed by atoms with Gasteiger partial charge < -0.3 is 20.3 Å². The van der Waals surface area contributed by atoms with Gasteiger partial charge in [0.15, 0.2) is 0 Å². The highest BCUT2D eigenvalue weighted by atomic mass is 35.5. The van der Waals surface area contributed by atoms with Crippen molar-refractivity contribution in [2.45, 2.75) is 48.1 Å². The van der Waals surface area contributed by atoms with Gasteiger partial charge in [0.1, 0.15) is 11.3 Å². The van der Waals surface area contributed by atoms with E-state index in [-0.39, 0.29) is 28.0 Å². The Labute approximate surface area is 251 Å². The average Bonchev–Trinajstić information content (AvgIpc) is 2.99. The third-order valence-corrected chi connectivity index (χ3v) is 8.93. The molecule has 42 heavy (non-hydrogen) atoms. The first-order chi connectivity index (χ1) is 20.2. The molecule has 0 aliphatic carbocycles. The predicted octanol–water partition coefficient (Wildman–Crippen LogP) is 5.92. The van der Waals surface area contributed by atoms with Gasteiger partial charge in [-0.15, -0.1) is 0 Å². The third kappa shape index (κ3) is 7.98. The number of benzene rings is 4. The van der Waals surface area contributed by atoms with Gasteiger partial charge in [0, 0.05) is 11.1 Å². The SMILES string of the molecule is CCOC(=O)c1ccc(S(=O)(=O)c2ccc(CCCNC(Cc3ccccc3)[C@H](O)c3cccc(Cl)c3)cc2)cc1O. The molecule has 0 fully saturated rings. The lowest BCUT2D eigenvalue weighted by molar-refractivity contribution is 0.0523. The van der Waals surface area contributed by atoms with E-state index in [9.17, 15) is 23.4 Å². The van der Waals surface area contributed by atoms with E-state index in [1.54, 1.807) is 31.2 Å². The molecule has 2 atom stereocenters. The Bertz CT molecular complexity index is 1590. The minimum absolute atomic E-state index is 0.0835.